The average molecular weight is 460 g/mol. The Bertz CT molecular complexity index is 1330. The number of benzene rings is 2. The number of carbonyl (C=O) groups is 2. The molecular formula is C25H24N4O5. The fraction of sp³-hybridized carbons (Fsp3) is 0.200. The number of fused-ring (bicyclic) bond motifs is 1. The van der Waals surface area contributed by atoms with Gasteiger partial charge in [-0.1, -0.05) is 41.1 Å². The van der Waals surface area contributed by atoms with Gasteiger partial charge in [0.05, 0.1) is 28.9 Å². The molecule has 2 aromatic heterocycles. The molecule has 34 heavy (non-hydrogen) atoms. The number of nitrogens with one attached hydrogen (secondary N) is 2. The predicted octanol–water partition coefficient (Wildman–Crippen LogP) is 4.95. The topological polar surface area (TPSA) is 116 Å². The van der Waals surface area contributed by atoms with Gasteiger partial charge in [0.1, 0.15) is 6.61 Å². The lowest BCUT2D eigenvalue weighted by Crippen LogP contribution is -2.17. The van der Waals surface area contributed by atoms with Crippen LogP contribution in [-0.4, -0.2) is 42.5 Å². The fourth-order valence-electron chi connectivity index (χ4n) is 3.39. The van der Waals surface area contributed by atoms with Crippen molar-refractivity contribution in [3.63, 3.8) is 0 Å². The summed E-state index contributed by atoms with van der Waals surface area (Å²) >= 11 is 0. The number of aryl methyl sites for hydroxylation is 2. The lowest BCUT2D eigenvalue weighted by Gasteiger charge is -2.11. The van der Waals surface area contributed by atoms with Crippen LogP contribution in [-0.2, 0) is 9.47 Å². The predicted molar refractivity (Wildman–Crippen MR) is 128 cm³/mol. The van der Waals surface area contributed by atoms with Crippen LogP contribution < -0.4 is 10.6 Å². The van der Waals surface area contributed by atoms with Crippen LogP contribution >= 0.6 is 0 Å². The minimum absolute atomic E-state index is 0.137. The van der Waals surface area contributed by atoms with E-state index in [1.54, 1.807) is 37.3 Å². The molecular weight excluding hydrogens is 436 g/mol. The van der Waals surface area contributed by atoms with E-state index in [1.165, 1.54) is 7.11 Å². The SMILES string of the molecule is COCCOC(=O)Nc1cccc(NC(=O)c2cc(-c3ccc(C)cc3)nc3onc(C)c23)c1. The van der Waals surface area contributed by atoms with E-state index in [-0.39, 0.29) is 18.2 Å². The summed E-state index contributed by atoms with van der Waals surface area (Å²) in [6, 6.07) is 16.3. The second-order valence-corrected chi connectivity index (χ2v) is 7.66. The van der Waals surface area contributed by atoms with Crippen LogP contribution in [0, 0.1) is 13.8 Å². The highest BCUT2D eigenvalue weighted by Gasteiger charge is 2.20. The van der Waals surface area contributed by atoms with Crippen LogP contribution in [0.5, 0.6) is 0 Å². The highest BCUT2D eigenvalue weighted by atomic mass is 16.6. The van der Waals surface area contributed by atoms with Gasteiger partial charge in [0.2, 0.25) is 0 Å². The van der Waals surface area contributed by atoms with E-state index in [0.29, 0.717) is 40.3 Å². The number of hydrogen-bond acceptors (Lipinski definition) is 7. The van der Waals surface area contributed by atoms with Crippen molar-refractivity contribution < 1.29 is 23.6 Å². The second-order valence-electron chi connectivity index (χ2n) is 7.66. The molecule has 4 rings (SSSR count). The van der Waals surface area contributed by atoms with E-state index in [2.05, 4.69) is 20.8 Å². The second kappa shape index (κ2) is 10.1. The smallest absolute Gasteiger partial charge is 0.411 e. The molecule has 2 aromatic carbocycles. The maximum Gasteiger partial charge on any atom is 0.411 e. The van der Waals surface area contributed by atoms with Crippen molar-refractivity contribution in [3.05, 3.63) is 71.4 Å². The van der Waals surface area contributed by atoms with Crippen LogP contribution in [0.25, 0.3) is 22.4 Å². The highest BCUT2D eigenvalue weighted by Crippen LogP contribution is 2.28. The summed E-state index contributed by atoms with van der Waals surface area (Å²) in [6.07, 6.45) is -0.612. The van der Waals surface area contributed by atoms with Gasteiger partial charge in [-0.2, -0.15) is 0 Å². The Balaban J connectivity index is 1.59. The summed E-state index contributed by atoms with van der Waals surface area (Å²) < 4.78 is 15.2. The van der Waals surface area contributed by atoms with E-state index in [4.69, 9.17) is 14.0 Å². The number of pyridine rings is 1. The molecule has 9 nitrogen and oxygen atoms in total. The van der Waals surface area contributed by atoms with Gasteiger partial charge in [-0.3, -0.25) is 10.1 Å². The molecule has 0 saturated carbocycles. The Morgan fingerprint density at radius 1 is 0.971 bits per heavy atom. The molecule has 0 bridgehead atoms. The molecule has 0 saturated heterocycles. The van der Waals surface area contributed by atoms with Crippen LogP contribution in [0.3, 0.4) is 0 Å². The van der Waals surface area contributed by atoms with Crippen LogP contribution in [0.4, 0.5) is 16.2 Å². The van der Waals surface area contributed by atoms with Crippen molar-refractivity contribution in [2.45, 2.75) is 13.8 Å². The number of carbonyl (C=O) groups excluding carboxylic acids is 2. The summed E-state index contributed by atoms with van der Waals surface area (Å²) in [5.41, 5.74) is 4.78. The summed E-state index contributed by atoms with van der Waals surface area (Å²) in [4.78, 5) is 29.7. The van der Waals surface area contributed by atoms with Crippen molar-refractivity contribution in [2.75, 3.05) is 31.0 Å². The van der Waals surface area contributed by atoms with Crippen molar-refractivity contribution >= 4 is 34.5 Å². The first-order chi connectivity index (χ1) is 16.4. The van der Waals surface area contributed by atoms with Crippen molar-refractivity contribution in [1.29, 1.82) is 0 Å². The zero-order valence-corrected chi connectivity index (χ0v) is 19.0. The Morgan fingerprint density at radius 2 is 1.71 bits per heavy atom. The van der Waals surface area contributed by atoms with Crippen LogP contribution in [0.15, 0.2) is 59.1 Å². The molecule has 0 radical (unpaired) electrons. The molecule has 2 heterocycles. The Hall–Kier alpha value is -4.24. The number of anilines is 2. The van der Waals surface area contributed by atoms with E-state index >= 15 is 0 Å². The third-order valence-corrected chi connectivity index (χ3v) is 5.10. The summed E-state index contributed by atoms with van der Waals surface area (Å²) in [5, 5.41) is 10.0. The lowest BCUT2D eigenvalue weighted by atomic mass is 10.0. The first kappa shape index (κ1) is 22.9. The minimum Gasteiger partial charge on any atom is -0.447 e. The number of rotatable bonds is 7. The monoisotopic (exact) mass is 460 g/mol. The van der Waals surface area contributed by atoms with Crippen molar-refractivity contribution in [3.8, 4) is 11.3 Å². The van der Waals surface area contributed by atoms with Crippen molar-refractivity contribution in [1.82, 2.24) is 10.1 Å². The maximum absolute atomic E-state index is 13.3. The number of hydrogen-bond donors (Lipinski definition) is 2. The van der Waals surface area contributed by atoms with Crippen LogP contribution in [0.2, 0.25) is 0 Å². The van der Waals surface area contributed by atoms with Gasteiger partial charge in [0, 0.05) is 24.0 Å². The molecule has 2 amide bonds. The summed E-state index contributed by atoms with van der Waals surface area (Å²) in [7, 11) is 1.52. The summed E-state index contributed by atoms with van der Waals surface area (Å²) in [5.74, 6) is -0.355. The Morgan fingerprint density at radius 3 is 2.44 bits per heavy atom. The molecule has 0 aliphatic carbocycles. The number of nitrogens with zero attached hydrogens (tertiary/aromatic N) is 2. The van der Waals surface area contributed by atoms with E-state index < -0.39 is 6.09 Å². The molecule has 0 fully saturated rings. The first-order valence-electron chi connectivity index (χ1n) is 10.6. The standard InChI is InChI=1S/C25H24N4O5/c1-15-7-9-17(10-8-15)21-14-20(22-16(2)29-34-24(22)28-21)23(30)26-18-5-4-6-19(13-18)27-25(31)33-12-11-32-3/h4-10,13-14H,11-12H2,1-3H3,(H,26,30)(H,27,31). The van der Waals surface area contributed by atoms with Crippen LogP contribution in [0.1, 0.15) is 21.6 Å². The number of amides is 2. The highest BCUT2D eigenvalue weighted by molar-refractivity contribution is 6.13. The number of ether oxygens (including phenoxy) is 2. The zero-order chi connectivity index (χ0) is 24.1. The third-order valence-electron chi connectivity index (χ3n) is 5.10. The molecule has 174 valence electrons. The third kappa shape index (κ3) is 5.21. The quantitative estimate of drug-likeness (QED) is 0.375. The largest absolute Gasteiger partial charge is 0.447 e. The maximum atomic E-state index is 13.3. The molecule has 0 spiro atoms. The van der Waals surface area contributed by atoms with Gasteiger partial charge in [0.15, 0.2) is 0 Å². The van der Waals surface area contributed by atoms with E-state index in [9.17, 15) is 9.59 Å². The van der Waals surface area contributed by atoms with Gasteiger partial charge in [-0.25, -0.2) is 9.78 Å². The van der Waals surface area contributed by atoms with Gasteiger partial charge >= 0.3 is 6.09 Å². The molecule has 0 atom stereocenters. The average Bonchev–Trinajstić information content (AvgIpc) is 3.20. The first-order valence-corrected chi connectivity index (χ1v) is 10.6. The van der Waals surface area contributed by atoms with Gasteiger partial charge < -0.3 is 19.3 Å². The Kier molecular flexibility index (Phi) is 6.84. The molecule has 0 aliphatic rings. The van der Waals surface area contributed by atoms with Crippen molar-refractivity contribution in [2.24, 2.45) is 0 Å². The normalized spacial score (nSPS) is 10.8. The fourth-order valence-corrected chi connectivity index (χ4v) is 3.39. The molecule has 9 heteroatoms. The number of aromatic nitrogens is 2. The van der Waals surface area contributed by atoms with Gasteiger partial charge in [-0.15, -0.1) is 0 Å². The minimum atomic E-state index is -0.612. The molecule has 2 N–H and O–H groups in total. The summed E-state index contributed by atoms with van der Waals surface area (Å²) in [6.45, 7) is 4.20. The van der Waals surface area contributed by atoms with Gasteiger partial charge in [-0.05, 0) is 38.1 Å². The number of methoxy groups -OCH3 is 1. The van der Waals surface area contributed by atoms with Gasteiger partial charge in [0.25, 0.3) is 11.6 Å². The van der Waals surface area contributed by atoms with E-state index in [0.717, 1.165) is 11.1 Å². The molecule has 4 aromatic rings. The van der Waals surface area contributed by atoms with E-state index in [1.807, 2.05) is 31.2 Å². The lowest BCUT2D eigenvalue weighted by molar-refractivity contribution is 0.102. The zero-order valence-electron chi connectivity index (χ0n) is 19.0. The molecule has 0 unspecified atom stereocenters. The Labute approximate surface area is 196 Å². The molecule has 0 aliphatic heterocycles.